The van der Waals surface area contributed by atoms with Gasteiger partial charge in [-0.25, -0.2) is 9.97 Å². The standard InChI is InChI=1S/C15H20N4O/c1-5-20-13-9-7-6-8-12(13)19-15-10(2)14(16-4)17-11(3)18-15/h6-9H,5H2,1-4H3,(H2,16,17,18,19). The molecule has 0 atom stereocenters. The van der Waals surface area contributed by atoms with Gasteiger partial charge in [-0.05, 0) is 32.9 Å². The molecular formula is C15H20N4O. The topological polar surface area (TPSA) is 59.1 Å². The summed E-state index contributed by atoms with van der Waals surface area (Å²) in [6.45, 7) is 6.45. The van der Waals surface area contributed by atoms with Crippen molar-refractivity contribution in [3.05, 3.63) is 35.7 Å². The minimum Gasteiger partial charge on any atom is -0.492 e. The minimum absolute atomic E-state index is 0.627. The Balaban J connectivity index is 2.37. The molecule has 0 aliphatic heterocycles. The summed E-state index contributed by atoms with van der Waals surface area (Å²) in [5.74, 6) is 3.15. The summed E-state index contributed by atoms with van der Waals surface area (Å²) < 4.78 is 5.61. The molecule has 2 N–H and O–H groups in total. The molecule has 5 heteroatoms. The minimum atomic E-state index is 0.627. The lowest BCUT2D eigenvalue weighted by molar-refractivity contribution is 0.342. The van der Waals surface area contributed by atoms with Gasteiger partial charge in [-0.15, -0.1) is 0 Å². The van der Waals surface area contributed by atoms with Gasteiger partial charge in [0, 0.05) is 12.6 Å². The van der Waals surface area contributed by atoms with Gasteiger partial charge in [-0.2, -0.15) is 0 Å². The van der Waals surface area contributed by atoms with Gasteiger partial charge in [0.15, 0.2) is 0 Å². The quantitative estimate of drug-likeness (QED) is 0.874. The normalized spacial score (nSPS) is 10.2. The number of rotatable bonds is 5. The predicted molar refractivity (Wildman–Crippen MR) is 81.9 cm³/mol. The SMILES string of the molecule is CCOc1ccccc1Nc1nc(C)nc(NC)c1C. The molecule has 0 saturated carbocycles. The molecule has 0 fully saturated rings. The first-order valence-electron chi connectivity index (χ1n) is 6.67. The summed E-state index contributed by atoms with van der Waals surface area (Å²) in [5.41, 5.74) is 1.88. The van der Waals surface area contributed by atoms with E-state index >= 15 is 0 Å². The van der Waals surface area contributed by atoms with Gasteiger partial charge in [0.05, 0.1) is 12.3 Å². The van der Waals surface area contributed by atoms with E-state index in [1.165, 1.54) is 0 Å². The second-order valence-corrected chi connectivity index (χ2v) is 4.40. The molecule has 0 amide bonds. The van der Waals surface area contributed by atoms with E-state index in [9.17, 15) is 0 Å². The van der Waals surface area contributed by atoms with Crippen molar-refractivity contribution in [1.29, 1.82) is 0 Å². The van der Waals surface area contributed by atoms with E-state index in [2.05, 4.69) is 20.6 Å². The van der Waals surface area contributed by atoms with E-state index in [1.807, 2.05) is 52.1 Å². The van der Waals surface area contributed by atoms with Crippen molar-refractivity contribution in [2.75, 3.05) is 24.3 Å². The second-order valence-electron chi connectivity index (χ2n) is 4.40. The predicted octanol–water partition coefficient (Wildman–Crippen LogP) is 3.28. The molecule has 20 heavy (non-hydrogen) atoms. The summed E-state index contributed by atoms with van der Waals surface area (Å²) >= 11 is 0. The smallest absolute Gasteiger partial charge is 0.142 e. The molecule has 1 aromatic heterocycles. The third kappa shape index (κ3) is 2.99. The summed E-state index contributed by atoms with van der Waals surface area (Å²) in [6.07, 6.45) is 0. The van der Waals surface area contributed by atoms with Crippen molar-refractivity contribution in [2.45, 2.75) is 20.8 Å². The summed E-state index contributed by atoms with van der Waals surface area (Å²) in [4.78, 5) is 8.82. The van der Waals surface area contributed by atoms with E-state index < -0.39 is 0 Å². The van der Waals surface area contributed by atoms with Crippen LogP contribution in [0.25, 0.3) is 0 Å². The van der Waals surface area contributed by atoms with Crippen LogP contribution < -0.4 is 15.4 Å². The van der Waals surface area contributed by atoms with Crippen LogP contribution in [-0.2, 0) is 0 Å². The molecule has 1 heterocycles. The first-order valence-corrected chi connectivity index (χ1v) is 6.67. The summed E-state index contributed by atoms with van der Waals surface area (Å²) in [5, 5.41) is 6.40. The largest absolute Gasteiger partial charge is 0.492 e. The van der Waals surface area contributed by atoms with Crippen LogP contribution in [-0.4, -0.2) is 23.6 Å². The molecule has 0 unspecified atom stereocenters. The van der Waals surface area contributed by atoms with Gasteiger partial charge in [0.25, 0.3) is 0 Å². The molecule has 0 aliphatic rings. The highest BCUT2D eigenvalue weighted by atomic mass is 16.5. The average molecular weight is 272 g/mol. The van der Waals surface area contributed by atoms with Crippen molar-refractivity contribution in [3.8, 4) is 5.75 Å². The maximum Gasteiger partial charge on any atom is 0.142 e. The first-order chi connectivity index (χ1) is 9.65. The number of anilines is 3. The van der Waals surface area contributed by atoms with Gasteiger partial charge < -0.3 is 15.4 Å². The fraction of sp³-hybridized carbons (Fsp3) is 0.333. The fourth-order valence-electron chi connectivity index (χ4n) is 1.97. The molecule has 0 spiro atoms. The van der Waals surface area contributed by atoms with E-state index in [0.29, 0.717) is 6.61 Å². The van der Waals surface area contributed by atoms with Crippen molar-refractivity contribution in [1.82, 2.24) is 9.97 Å². The number of hydrogen-bond acceptors (Lipinski definition) is 5. The van der Waals surface area contributed by atoms with Crippen LogP contribution in [0.2, 0.25) is 0 Å². The lowest BCUT2D eigenvalue weighted by atomic mass is 10.2. The highest BCUT2D eigenvalue weighted by molar-refractivity contribution is 5.68. The van der Waals surface area contributed by atoms with Crippen molar-refractivity contribution in [2.24, 2.45) is 0 Å². The number of hydrogen-bond donors (Lipinski definition) is 2. The van der Waals surface area contributed by atoms with E-state index in [-0.39, 0.29) is 0 Å². The highest BCUT2D eigenvalue weighted by Gasteiger charge is 2.10. The van der Waals surface area contributed by atoms with E-state index in [0.717, 1.165) is 34.5 Å². The van der Waals surface area contributed by atoms with Crippen LogP contribution >= 0.6 is 0 Å². The van der Waals surface area contributed by atoms with E-state index in [4.69, 9.17) is 4.74 Å². The van der Waals surface area contributed by atoms with Crippen LogP contribution in [0.1, 0.15) is 18.3 Å². The van der Waals surface area contributed by atoms with Crippen LogP contribution in [0.5, 0.6) is 5.75 Å². The van der Waals surface area contributed by atoms with Crippen molar-refractivity contribution in [3.63, 3.8) is 0 Å². The summed E-state index contributed by atoms with van der Waals surface area (Å²) in [7, 11) is 1.85. The summed E-state index contributed by atoms with van der Waals surface area (Å²) in [6, 6.07) is 7.83. The maximum absolute atomic E-state index is 5.61. The zero-order chi connectivity index (χ0) is 14.5. The molecule has 0 aliphatic carbocycles. The first kappa shape index (κ1) is 14.1. The fourth-order valence-corrected chi connectivity index (χ4v) is 1.97. The Labute approximate surface area is 119 Å². The molecule has 106 valence electrons. The van der Waals surface area contributed by atoms with Gasteiger partial charge >= 0.3 is 0 Å². The average Bonchev–Trinajstić information content (AvgIpc) is 2.44. The Hall–Kier alpha value is -2.30. The van der Waals surface area contributed by atoms with Crippen LogP contribution in [0, 0.1) is 13.8 Å². The molecule has 1 aromatic carbocycles. The number of para-hydroxylation sites is 2. The van der Waals surface area contributed by atoms with Crippen LogP contribution in [0.15, 0.2) is 24.3 Å². The molecule has 0 bridgehead atoms. The Bertz CT molecular complexity index is 598. The third-order valence-electron chi connectivity index (χ3n) is 2.93. The monoisotopic (exact) mass is 272 g/mol. The van der Waals surface area contributed by atoms with E-state index in [1.54, 1.807) is 0 Å². The Morgan fingerprint density at radius 1 is 1.10 bits per heavy atom. The number of nitrogens with one attached hydrogen (secondary N) is 2. The third-order valence-corrected chi connectivity index (χ3v) is 2.93. The van der Waals surface area contributed by atoms with Gasteiger partial charge in [-0.3, -0.25) is 0 Å². The number of ether oxygens (including phenoxy) is 1. The van der Waals surface area contributed by atoms with Crippen LogP contribution in [0.3, 0.4) is 0 Å². The molecule has 2 aromatic rings. The van der Waals surface area contributed by atoms with Gasteiger partial charge in [0.2, 0.25) is 0 Å². The van der Waals surface area contributed by atoms with Gasteiger partial charge in [0.1, 0.15) is 23.2 Å². The van der Waals surface area contributed by atoms with Crippen LogP contribution in [0.4, 0.5) is 17.3 Å². The number of aromatic nitrogens is 2. The van der Waals surface area contributed by atoms with Crippen molar-refractivity contribution >= 4 is 17.3 Å². The zero-order valence-corrected chi connectivity index (χ0v) is 12.3. The Kier molecular flexibility index (Phi) is 4.40. The zero-order valence-electron chi connectivity index (χ0n) is 12.3. The molecule has 5 nitrogen and oxygen atoms in total. The number of nitrogens with zero attached hydrogens (tertiary/aromatic N) is 2. The Morgan fingerprint density at radius 3 is 2.50 bits per heavy atom. The molecule has 0 saturated heterocycles. The number of aryl methyl sites for hydroxylation is 1. The lowest BCUT2D eigenvalue weighted by Crippen LogP contribution is -2.06. The van der Waals surface area contributed by atoms with Crippen molar-refractivity contribution < 1.29 is 4.74 Å². The second kappa shape index (κ2) is 6.23. The lowest BCUT2D eigenvalue weighted by Gasteiger charge is -2.15. The molecular weight excluding hydrogens is 252 g/mol. The molecule has 0 radical (unpaired) electrons. The number of benzene rings is 1. The molecule has 2 rings (SSSR count). The maximum atomic E-state index is 5.61. The van der Waals surface area contributed by atoms with Gasteiger partial charge in [-0.1, -0.05) is 12.1 Å². The highest BCUT2D eigenvalue weighted by Crippen LogP contribution is 2.29. The Morgan fingerprint density at radius 2 is 1.80 bits per heavy atom.